The molecule has 0 unspecified atom stereocenters. The Labute approximate surface area is 193 Å². The molecule has 1 heterocycles. The molecule has 0 aliphatic carbocycles. The predicted octanol–water partition coefficient (Wildman–Crippen LogP) is 4.20. The number of hydrogen-bond acceptors (Lipinski definition) is 4. The summed E-state index contributed by atoms with van der Waals surface area (Å²) in [4.78, 5) is 26.6. The van der Waals surface area contributed by atoms with Gasteiger partial charge >= 0.3 is 0 Å². The first kappa shape index (κ1) is 22.5. The van der Waals surface area contributed by atoms with Crippen molar-refractivity contribution in [3.63, 3.8) is 0 Å². The van der Waals surface area contributed by atoms with Gasteiger partial charge in [0.05, 0.1) is 10.6 Å². The second-order valence-corrected chi connectivity index (χ2v) is 9.96. The van der Waals surface area contributed by atoms with E-state index in [2.05, 4.69) is 5.32 Å². The van der Waals surface area contributed by atoms with Crippen LogP contribution in [0.5, 0.6) is 0 Å². The molecule has 0 saturated carbocycles. The molecule has 0 radical (unpaired) electrons. The fourth-order valence-corrected chi connectivity index (χ4v) is 4.90. The van der Waals surface area contributed by atoms with E-state index in [1.165, 1.54) is 11.4 Å². The van der Waals surface area contributed by atoms with Crippen molar-refractivity contribution in [1.82, 2.24) is 0 Å². The molecule has 8 heteroatoms. The first-order valence-electron chi connectivity index (χ1n) is 10.6. The highest BCUT2D eigenvalue weighted by molar-refractivity contribution is 7.92. The van der Waals surface area contributed by atoms with Gasteiger partial charge in [0.2, 0.25) is 5.91 Å². The maximum absolute atomic E-state index is 12.9. The predicted molar refractivity (Wildman–Crippen MR) is 129 cm³/mol. The Bertz CT molecular complexity index is 1290. The number of sulfonamides is 1. The number of aryl methyl sites for hydroxylation is 1. The number of anilines is 3. The molecule has 0 spiro atoms. The van der Waals surface area contributed by atoms with Crippen LogP contribution < -0.4 is 14.5 Å². The number of carbonyl (C=O) groups excluding carboxylic acids is 2. The summed E-state index contributed by atoms with van der Waals surface area (Å²) in [6.07, 6.45) is 1.37. The Morgan fingerprint density at radius 1 is 1.00 bits per heavy atom. The van der Waals surface area contributed by atoms with Crippen LogP contribution in [-0.4, -0.2) is 33.8 Å². The van der Waals surface area contributed by atoms with Crippen LogP contribution >= 0.6 is 0 Å². The summed E-state index contributed by atoms with van der Waals surface area (Å²) in [5, 5.41) is 2.84. The minimum atomic E-state index is -3.71. The van der Waals surface area contributed by atoms with Gasteiger partial charge in [-0.05, 0) is 67.9 Å². The number of carbonyl (C=O) groups is 2. The monoisotopic (exact) mass is 463 g/mol. The van der Waals surface area contributed by atoms with Gasteiger partial charge < -0.3 is 10.2 Å². The van der Waals surface area contributed by atoms with Crippen LogP contribution in [0, 0.1) is 6.92 Å². The van der Waals surface area contributed by atoms with Crippen LogP contribution in [0.15, 0.2) is 77.7 Å². The van der Waals surface area contributed by atoms with Crippen LogP contribution in [0.1, 0.15) is 28.8 Å². The Kier molecular flexibility index (Phi) is 6.20. The summed E-state index contributed by atoms with van der Waals surface area (Å²) in [6, 6.07) is 20.2. The van der Waals surface area contributed by atoms with E-state index in [9.17, 15) is 18.0 Å². The Morgan fingerprint density at radius 2 is 1.70 bits per heavy atom. The smallest absolute Gasteiger partial charge is 0.264 e. The summed E-state index contributed by atoms with van der Waals surface area (Å²) in [5.41, 5.74) is 3.16. The summed E-state index contributed by atoms with van der Waals surface area (Å²) >= 11 is 0. The zero-order chi connectivity index (χ0) is 23.6. The molecule has 1 aliphatic heterocycles. The van der Waals surface area contributed by atoms with Crippen LogP contribution in [0.3, 0.4) is 0 Å². The molecule has 3 aromatic rings. The maximum atomic E-state index is 12.9. The van der Waals surface area contributed by atoms with Crippen molar-refractivity contribution in [3.8, 4) is 0 Å². The van der Waals surface area contributed by atoms with Crippen molar-refractivity contribution in [1.29, 1.82) is 0 Å². The van der Waals surface area contributed by atoms with Crippen molar-refractivity contribution >= 4 is 38.9 Å². The second-order valence-electron chi connectivity index (χ2n) is 7.99. The third-order valence-electron chi connectivity index (χ3n) is 5.66. The molecule has 0 atom stereocenters. The van der Waals surface area contributed by atoms with Crippen molar-refractivity contribution < 1.29 is 18.0 Å². The molecule has 0 aromatic heterocycles. The Morgan fingerprint density at radius 3 is 2.33 bits per heavy atom. The van der Waals surface area contributed by atoms with Gasteiger partial charge in [-0.25, -0.2) is 8.42 Å². The Balaban J connectivity index is 1.47. The number of nitrogens with zero attached hydrogens (tertiary/aromatic N) is 2. The molecule has 1 aliphatic rings. The van der Waals surface area contributed by atoms with E-state index in [0.717, 1.165) is 17.7 Å². The molecule has 1 saturated heterocycles. The second kappa shape index (κ2) is 9.07. The van der Waals surface area contributed by atoms with Gasteiger partial charge in [0.15, 0.2) is 0 Å². The third-order valence-corrected chi connectivity index (χ3v) is 7.46. The summed E-state index contributed by atoms with van der Waals surface area (Å²) in [7, 11) is -2.23. The highest BCUT2D eigenvalue weighted by Gasteiger charge is 2.23. The topological polar surface area (TPSA) is 86.8 Å². The standard InChI is InChI=1S/C25H25N3O4S/c1-18-8-14-23(15-9-18)33(31,32)27(2)21-12-10-19(11-13-21)25(30)26-20-5-3-6-22(17-20)28-16-4-7-24(28)29/h3,5-6,8-15,17H,4,7,16H2,1-2H3,(H,26,30). The molecule has 1 fully saturated rings. The van der Waals surface area contributed by atoms with Crippen molar-refractivity contribution in [2.45, 2.75) is 24.7 Å². The first-order chi connectivity index (χ1) is 15.8. The molecular formula is C25H25N3O4S. The minimum absolute atomic E-state index is 0.0822. The van der Waals surface area contributed by atoms with E-state index in [0.29, 0.717) is 29.9 Å². The average Bonchev–Trinajstić information content (AvgIpc) is 3.25. The zero-order valence-electron chi connectivity index (χ0n) is 18.5. The molecule has 7 nitrogen and oxygen atoms in total. The lowest BCUT2D eigenvalue weighted by Gasteiger charge is -2.20. The van der Waals surface area contributed by atoms with Crippen molar-refractivity contribution in [2.75, 3.05) is 28.1 Å². The van der Waals surface area contributed by atoms with E-state index < -0.39 is 10.0 Å². The largest absolute Gasteiger partial charge is 0.322 e. The van der Waals surface area contributed by atoms with E-state index in [4.69, 9.17) is 0 Å². The van der Waals surface area contributed by atoms with Crippen molar-refractivity contribution in [3.05, 3.63) is 83.9 Å². The lowest BCUT2D eigenvalue weighted by molar-refractivity contribution is -0.117. The van der Waals surface area contributed by atoms with Crippen LogP contribution in [0.25, 0.3) is 0 Å². The fraction of sp³-hybridized carbons (Fsp3) is 0.200. The van der Waals surface area contributed by atoms with Gasteiger partial charge in [-0.15, -0.1) is 0 Å². The highest BCUT2D eigenvalue weighted by atomic mass is 32.2. The van der Waals surface area contributed by atoms with E-state index >= 15 is 0 Å². The summed E-state index contributed by atoms with van der Waals surface area (Å²) < 4.78 is 27.0. The van der Waals surface area contributed by atoms with Crippen LogP contribution in [0.4, 0.5) is 17.1 Å². The van der Waals surface area contributed by atoms with Gasteiger partial charge in [0.1, 0.15) is 0 Å². The average molecular weight is 464 g/mol. The lowest BCUT2D eigenvalue weighted by atomic mass is 10.2. The van der Waals surface area contributed by atoms with Crippen LogP contribution in [0.2, 0.25) is 0 Å². The van der Waals surface area contributed by atoms with Crippen LogP contribution in [-0.2, 0) is 14.8 Å². The summed E-state index contributed by atoms with van der Waals surface area (Å²) in [6.45, 7) is 2.57. The number of benzene rings is 3. The molecule has 33 heavy (non-hydrogen) atoms. The molecule has 1 N–H and O–H groups in total. The number of nitrogens with one attached hydrogen (secondary N) is 1. The summed E-state index contributed by atoms with van der Waals surface area (Å²) in [5.74, 6) is -0.241. The molecule has 4 rings (SSSR count). The SMILES string of the molecule is Cc1ccc(S(=O)(=O)N(C)c2ccc(C(=O)Nc3cccc(N4CCCC4=O)c3)cc2)cc1. The van der Waals surface area contributed by atoms with Gasteiger partial charge in [0.25, 0.3) is 15.9 Å². The quantitative estimate of drug-likeness (QED) is 0.594. The molecular weight excluding hydrogens is 438 g/mol. The van der Waals surface area contributed by atoms with Gasteiger partial charge in [-0.1, -0.05) is 23.8 Å². The zero-order valence-corrected chi connectivity index (χ0v) is 19.3. The molecule has 2 amide bonds. The number of rotatable bonds is 6. The minimum Gasteiger partial charge on any atom is -0.322 e. The third kappa shape index (κ3) is 4.75. The van der Waals surface area contributed by atoms with E-state index in [1.54, 1.807) is 71.6 Å². The lowest BCUT2D eigenvalue weighted by Crippen LogP contribution is -2.26. The molecule has 170 valence electrons. The van der Waals surface area contributed by atoms with Gasteiger partial charge in [-0.2, -0.15) is 0 Å². The normalized spacial score (nSPS) is 13.8. The van der Waals surface area contributed by atoms with E-state index in [1.807, 2.05) is 13.0 Å². The highest BCUT2D eigenvalue weighted by Crippen LogP contribution is 2.26. The molecule has 0 bridgehead atoms. The van der Waals surface area contributed by atoms with E-state index in [-0.39, 0.29) is 16.7 Å². The van der Waals surface area contributed by atoms with Gasteiger partial charge in [0, 0.05) is 37.0 Å². The number of hydrogen-bond donors (Lipinski definition) is 1. The van der Waals surface area contributed by atoms with Crippen molar-refractivity contribution in [2.24, 2.45) is 0 Å². The fourth-order valence-electron chi connectivity index (χ4n) is 3.71. The number of amides is 2. The Hall–Kier alpha value is -3.65. The van der Waals surface area contributed by atoms with Gasteiger partial charge in [-0.3, -0.25) is 13.9 Å². The maximum Gasteiger partial charge on any atom is 0.264 e. The first-order valence-corrected chi connectivity index (χ1v) is 12.1. The molecule has 3 aromatic carbocycles.